The number of aryl methyl sites for hydroxylation is 2. The first-order chi connectivity index (χ1) is 12.3. The molecule has 0 unspecified atom stereocenters. The third-order valence-electron chi connectivity index (χ3n) is 5.02. The van der Waals surface area contributed by atoms with Crippen LogP contribution in [0.2, 0.25) is 0 Å². The van der Waals surface area contributed by atoms with Gasteiger partial charge in [-0.15, -0.1) is 0 Å². The van der Waals surface area contributed by atoms with Crippen molar-refractivity contribution in [3.63, 3.8) is 0 Å². The Labute approximate surface area is 147 Å². The van der Waals surface area contributed by atoms with Crippen LogP contribution >= 0.6 is 0 Å². The van der Waals surface area contributed by atoms with Gasteiger partial charge in [0, 0.05) is 6.42 Å². The highest BCUT2D eigenvalue weighted by atomic mass is 16.6. The second-order valence-corrected chi connectivity index (χ2v) is 6.74. The highest BCUT2D eigenvalue weighted by Crippen LogP contribution is 2.31. The van der Waals surface area contributed by atoms with E-state index < -0.39 is 6.10 Å². The van der Waals surface area contributed by atoms with Gasteiger partial charge in [-0.05, 0) is 42.4 Å². The maximum atomic E-state index is 12.5. The minimum Gasteiger partial charge on any atom is -0.382 e. The van der Waals surface area contributed by atoms with Gasteiger partial charge in [0.25, 0.3) is 5.91 Å². The van der Waals surface area contributed by atoms with Crippen molar-refractivity contribution < 1.29 is 9.63 Å². The Morgan fingerprint density at radius 1 is 1.08 bits per heavy atom. The molecule has 128 valence electrons. The molecule has 4 nitrogen and oxygen atoms in total. The zero-order valence-corrected chi connectivity index (χ0v) is 14.2. The van der Waals surface area contributed by atoms with Crippen LogP contribution in [0.15, 0.2) is 59.8 Å². The van der Waals surface area contributed by atoms with Gasteiger partial charge in [-0.1, -0.05) is 59.8 Å². The summed E-state index contributed by atoms with van der Waals surface area (Å²) in [4.78, 5) is 17.9. The van der Waals surface area contributed by atoms with Crippen LogP contribution in [0.5, 0.6) is 0 Å². The van der Waals surface area contributed by atoms with Crippen molar-refractivity contribution in [2.75, 3.05) is 0 Å². The number of rotatable bonds is 5. The zero-order chi connectivity index (χ0) is 17.1. The Kier molecular flexibility index (Phi) is 4.51. The van der Waals surface area contributed by atoms with Crippen LogP contribution in [-0.4, -0.2) is 17.7 Å². The predicted octanol–water partition coefficient (Wildman–Crippen LogP) is 3.57. The van der Waals surface area contributed by atoms with E-state index in [1.807, 2.05) is 24.3 Å². The van der Waals surface area contributed by atoms with Gasteiger partial charge in [-0.25, -0.2) is 0 Å². The van der Waals surface area contributed by atoms with Crippen molar-refractivity contribution in [2.45, 2.75) is 44.2 Å². The molecular weight excluding hydrogens is 312 g/mol. The number of amides is 1. The molecule has 1 aliphatic carbocycles. The fourth-order valence-corrected chi connectivity index (χ4v) is 3.62. The van der Waals surface area contributed by atoms with E-state index in [2.05, 4.69) is 40.8 Å². The Morgan fingerprint density at radius 3 is 2.76 bits per heavy atom. The summed E-state index contributed by atoms with van der Waals surface area (Å²) in [5, 5.41) is 7.26. The molecule has 4 heteroatoms. The summed E-state index contributed by atoms with van der Waals surface area (Å²) in [6.07, 6.45) is 3.84. The summed E-state index contributed by atoms with van der Waals surface area (Å²) in [6.45, 7) is 0. The van der Waals surface area contributed by atoms with Crippen LogP contribution in [0.1, 0.15) is 42.0 Å². The van der Waals surface area contributed by atoms with Crippen molar-refractivity contribution in [1.29, 1.82) is 0 Å². The molecular formula is C21H22N2O2. The summed E-state index contributed by atoms with van der Waals surface area (Å²) < 4.78 is 0. The molecule has 0 fully saturated rings. The highest BCUT2D eigenvalue weighted by Gasteiger charge is 2.31. The standard InChI is InChI=1S/C21H22N2O2/c24-21(22-19-13-11-16-8-4-5-9-18(16)19)20-14-17(23-25-20)12-10-15-6-2-1-3-7-15/h1-9,19-20H,10-14H2,(H,22,24)/t19-,20+/m0/s1. The van der Waals surface area contributed by atoms with E-state index in [1.165, 1.54) is 16.7 Å². The van der Waals surface area contributed by atoms with Gasteiger partial charge in [-0.3, -0.25) is 4.79 Å². The van der Waals surface area contributed by atoms with Gasteiger partial charge in [0.1, 0.15) is 0 Å². The number of fused-ring (bicyclic) bond motifs is 1. The third-order valence-corrected chi connectivity index (χ3v) is 5.02. The van der Waals surface area contributed by atoms with Gasteiger partial charge >= 0.3 is 0 Å². The van der Waals surface area contributed by atoms with Crippen molar-refractivity contribution in [2.24, 2.45) is 5.16 Å². The molecule has 0 radical (unpaired) electrons. The van der Waals surface area contributed by atoms with Crippen molar-refractivity contribution in [3.05, 3.63) is 71.3 Å². The third kappa shape index (κ3) is 3.58. The summed E-state index contributed by atoms with van der Waals surface area (Å²) in [5.41, 5.74) is 4.82. The van der Waals surface area contributed by atoms with Crippen LogP contribution in [0.3, 0.4) is 0 Å². The maximum absolute atomic E-state index is 12.5. The topological polar surface area (TPSA) is 50.7 Å². The van der Waals surface area contributed by atoms with Crippen LogP contribution in [0.4, 0.5) is 0 Å². The minimum absolute atomic E-state index is 0.0554. The number of hydrogen-bond acceptors (Lipinski definition) is 3. The van der Waals surface area contributed by atoms with Crippen LogP contribution in [0.25, 0.3) is 0 Å². The van der Waals surface area contributed by atoms with Crippen molar-refractivity contribution in [1.82, 2.24) is 5.32 Å². The van der Waals surface area contributed by atoms with E-state index in [0.29, 0.717) is 6.42 Å². The smallest absolute Gasteiger partial charge is 0.264 e. The normalized spacial score (nSPS) is 21.4. The van der Waals surface area contributed by atoms with E-state index in [-0.39, 0.29) is 11.9 Å². The maximum Gasteiger partial charge on any atom is 0.264 e. The Balaban J connectivity index is 1.29. The lowest BCUT2D eigenvalue weighted by Crippen LogP contribution is -2.36. The van der Waals surface area contributed by atoms with E-state index in [0.717, 1.165) is 31.4 Å². The fraction of sp³-hybridized carbons (Fsp3) is 0.333. The molecule has 4 rings (SSSR count). The molecule has 1 N–H and O–H groups in total. The predicted molar refractivity (Wildman–Crippen MR) is 97.3 cm³/mol. The molecule has 0 saturated heterocycles. The van der Waals surface area contributed by atoms with E-state index in [4.69, 9.17) is 4.84 Å². The molecule has 1 aliphatic heterocycles. The summed E-state index contributed by atoms with van der Waals surface area (Å²) in [7, 11) is 0. The first-order valence-electron chi connectivity index (χ1n) is 8.93. The Hall–Kier alpha value is -2.62. The van der Waals surface area contributed by atoms with Crippen LogP contribution in [-0.2, 0) is 22.5 Å². The van der Waals surface area contributed by atoms with Gasteiger partial charge in [-0.2, -0.15) is 0 Å². The molecule has 0 bridgehead atoms. The second-order valence-electron chi connectivity index (χ2n) is 6.74. The molecule has 0 spiro atoms. The van der Waals surface area contributed by atoms with Crippen molar-refractivity contribution in [3.8, 4) is 0 Å². The highest BCUT2D eigenvalue weighted by molar-refractivity contribution is 5.93. The number of nitrogens with zero attached hydrogens (tertiary/aromatic N) is 1. The van der Waals surface area contributed by atoms with E-state index in [9.17, 15) is 4.79 Å². The number of hydrogen-bond donors (Lipinski definition) is 1. The summed E-state index contributed by atoms with van der Waals surface area (Å²) in [6, 6.07) is 18.7. The lowest BCUT2D eigenvalue weighted by Gasteiger charge is -2.16. The molecule has 0 saturated carbocycles. The Morgan fingerprint density at radius 2 is 1.88 bits per heavy atom. The molecule has 25 heavy (non-hydrogen) atoms. The lowest BCUT2D eigenvalue weighted by molar-refractivity contribution is -0.131. The number of nitrogens with one attached hydrogen (secondary N) is 1. The molecule has 2 aliphatic rings. The zero-order valence-electron chi connectivity index (χ0n) is 14.2. The van der Waals surface area contributed by atoms with Crippen LogP contribution < -0.4 is 5.32 Å². The van der Waals surface area contributed by atoms with Gasteiger partial charge < -0.3 is 10.2 Å². The molecule has 2 aromatic rings. The first kappa shape index (κ1) is 15.9. The number of carbonyl (C=O) groups excluding carboxylic acids is 1. The van der Waals surface area contributed by atoms with E-state index >= 15 is 0 Å². The molecule has 2 atom stereocenters. The minimum atomic E-state index is -0.487. The monoisotopic (exact) mass is 334 g/mol. The largest absolute Gasteiger partial charge is 0.382 e. The number of benzene rings is 2. The molecule has 1 heterocycles. The summed E-state index contributed by atoms with van der Waals surface area (Å²) >= 11 is 0. The molecule has 0 aromatic heterocycles. The van der Waals surface area contributed by atoms with Gasteiger partial charge in [0.05, 0.1) is 11.8 Å². The molecule has 2 aromatic carbocycles. The fourth-order valence-electron chi connectivity index (χ4n) is 3.62. The lowest BCUT2D eigenvalue weighted by atomic mass is 10.0. The average molecular weight is 334 g/mol. The van der Waals surface area contributed by atoms with Crippen LogP contribution in [0, 0.1) is 0 Å². The van der Waals surface area contributed by atoms with Gasteiger partial charge in [0.15, 0.2) is 0 Å². The van der Waals surface area contributed by atoms with Crippen molar-refractivity contribution >= 4 is 11.6 Å². The Bertz CT molecular complexity index is 785. The summed E-state index contributed by atoms with van der Waals surface area (Å²) in [5.74, 6) is -0.0554. The number of oxime groups is 1. The quantitative estimate of drug-likeness (QED) is 0.909. The number of carbonyl (C=O) groups is 1. The second kappa shape index (κ2) is 7.09. The molecule has 1 amide bonds. The first-order valence-corrected chi connectivity index (χ1v) is 8.93. The van der Waals surface area contributed by atoms with E-state index in [1.54, 1.807) is 0 Å². The van der Waals surface area contributed by atoms with Gasteiger partial charge in [0.2, 0.25) is 6.10 Å². The SMILES string of the molecule is O=C(N[C@H]1CCc2ccccc21)[C@H]1CC(CCc2ccccc2)=NO1. The average Bonchev–Trinajstić information content (AvgIpc) is 3.29.